The molecule has 0 radical (unpaired) electrons. The lowest BCUT2D eigenvalue weighted by Crippen LogP contribution is -2.58. The summed E-state index contributed by atoms with van der Waals surface area (Å²) in [5.41, 5.74) is 0.995. The minimum atomic E-state index is -3.47. The van der Waals surface area contributed by atoms with E-state index in [0.29, 0.717) is 36.4 Å². The Labute approximate surface area is 176 Å². The summed E-state index contributed by atoms with van der Waals surface area (Å²) in [4.78, 5) is 2.24. The number of hydrogen-bond donors (Lipinski definition) is 2. The van der Waals surface area contributed by atoms with Crippen molar-refractivity contribution >= 4 is 27.0 Å². The van der Waals surface area contributed by atoms with Gasteiger partial charge in [0.25, 0.3) is 10.0 Å². The first kappa shape index (κ1) is 20.6. The van der Waals surface area contributed by atoms with Gasteiger partial charge in [-0.25, -0.2) is 8.42 Å². The van der Waals surface area contributed by atoms with Crippen LogP contribution in [0.4, 0.5) is 5.69 Å². The van der Waals surface area contributed by atoms with Crippen LogP contribution in [0.1, 0.15) is 12.8 Å². The number of thiophene rings is 1. The first-order valence-corrected chi connectivity index (χ1v) is 12.3. The number of aromatic hydroxyl groups is 1. The Morgan fingerprint density at radius 3 is 2.59 bits per heavy atom. The molecule has 4 rings (SSSR count). The fraction of sp³-hybridized carbons (Fsp3) is 0.500. The first-order valence-electron chi connectivity index (χ1n) is 9.94. The van der Waals surface area contributed by atoms with Gasteiger partial charge >= 0.3 is 0 Å². The number of hydrogen-bond acceptors (Lipinski definition) is 7. The average molecular weight is 438 g/mol. The lowest BCUT2D eigenvalue weighted by atomic mass is 10.1. The summed E-state index contributed by atoms with van der Waals surface area (Å²) in [6.45, 7) is 3.70. The van der Waals surface area contributed by atoms with Crippen molar-refractivity contribution in [3.8, 4) is 5.75 Å². The Morgan fingerprint density at radius 1 is 1.14 bits per heavy atom. The van der Waals surface area contributed by atoms with Gasteiger partial charge in [0.2, 0.25) is 0 Å². The van der Waals surface area contributed by atoms with E-state index in [1.807, 2.05) is 12.1 Å². The van der Waals surface area contributed by atoms with Crippen LogP contribution in [0.2, 0.25) is 0 Å². The highest BCUT2D eigenvalue weighted by atomic mass is 32.2. The third-order valence-electron chi connectivity index (χ3n) is 5.58. The van der Waals surface area contributed by atoms with E-state index in [1.54, 1.807) is 34.0 Å². The van der Waals surface area contributed by atoms with E-state index in [9.17, 15) is 13.5 Å². The van der Waals surface area contributed by atoms with Gasteiger partial charge < -0.3 is 20.1 Å². The molecule has 0 spiro atoms. The molecule has 2 N–H and O–H groups in total. The highest BCUT2D eigenvalue weighted by molar-refractivity contribution is 7.91. The molecule has 1 aromatic carbocycles. The predicted octanol–water partition coefficient (Wildman–Crippen LogP) is 2.10. The molecule has 3 heterocycles. The van der Waals surface area contributed by atoms with Crippen LogP contribution in [0.3, 0.4) is 0 Å². The zero-order valence-electron chi connectivity index (χ0n) is 16.2. The van der Waals surface area contributed by atoms with Crippen LogP contribution in [-0.2, 0) is 14.8 Å². The fourth-order valence-electron chi connectivity index (χ4n) is 3.95. The molecule has 2 saturated heterocycles. The lowest BCUT2D eigenvalue weighted by molar-refractivity contribution is 0.0773. The zero-order valence-corrected chi connectivity index (χ0v) is 17.9. The molecule has 0 saturated carbocycles. The maximum absolute atomic E-state index is 13.0. The number of nitrogens with one attached hydrogen (secondary N) is 1. The molecule has 2 aliphatic heterocycles. The molecule has 7 nitrogen and oxygen atoms in total. The summed E-state index contributed by atoms with van der Waals surface area (Å²) in [7, 11) is -3.47. The number of phenols is 1. The van der Waals surface area contributed by atoms with E-state index in [4.69, 9.17) is 4.74 Å². The number of sulfonamides is 1. The molecule has 1 aromatic heterocycles. The summed E-state index contributed by atoms with van der Waals surface area (Å²) in [5, 5.41) is 15.0. The van der Waals surface area contributed by atoms with Crippen LogP contribution in [0.5, 0.6) is 5.75 Å². The van der Waals surface area contributed by atoms with Crippen LogP contribution in [0, 0.1) is 0 Å². The Kier molecular flexibility index (Phi) is 6.41. The van der Waals surface area contributed by atoms with Crippen molar-refractivity contribution in [1.29, 1.82) is 0 Å². The Hall–Kier alpha value is -1.65. The van der Waals surface area contributed by atoms with Crippen LogP contribution in [-0.4, -0.2) is 69.3 Å². The van der Waals surface area contributed by atoms with Gasteiger partial charge in [0.1, 0.15) is 9.96 Å². The van der Waals surface area contributed by atoms with Crippen LogP contribution >= 0.6 is 11.3 Å². The van der Waals surface area contributed by atoms with Gasteiger partial charge in [0.05, 0.1) is 6.04 Å². The predicted molar refractivity (Wildman–Crippen MR) is 114 cm³/mol. The molecule has 9 heteroatoms. The molecular weight excluding hydrogens is 410 g/mol. The molecule has 0 amide bonds. The first-order chi connectivity index (χ1) is 14.0. The molecule has 1 atom stereocenters. The average Bonchev–Trinajstić information content (AvgIpc) is 3.29. The van der Waals surface area contributed by atoms with Crippen molar-refractivity contribution in [2.75, 3.05) is 44.3 Å². The summed E-state index contributed by atoms with van der Waals surface area (Å²) in [6.07, 6.45) is 1.95. The summed E-state index contributed by atoms with van der Waals surface area (Å²) in [5.74, 6) is 0.226. The number of piperazine rings is 1. The van der Waals surface area contributed by atoms with Gasteiger partial charge in [-0.15, -0.1) is 11.3 Å². The molecule has 158 valence electrons. The quantitative estimate of drug-likeness (QED) is 0.720. The fourth-order valence-corrected chi connectivity index (χ4v) is 6.56. The largest absolute Gasteiger partial charge is 0.508 e. The third-order valence-corrected chi connectivity index (χ3v) is 8.82. The second kappa shape index (κ2) is 9.01. The van der Waals surface area contributed by atoms with Crippen molar-refractivity contribution < 1.29 is 18.3 Å². The van der Waals surface area contributed by atoms with Gasteiger partial charge in [-0.1, -0.05) is 6.07 Å². The summed E-state index contributed by atoms with van der Waals surface area (Å²) in [6, 6.07) is 11.0. The van der Waals surface area contributed by atoms with Crippen LogP contribution in [0.15, 0.2) is 46.0 Å². The van der Waals surface area contributed by atoms with E-state index >= 15 is 0 Å². The second-order valence-electron chi connectivity index (χ2n) is 7.45. The minimum Gasteiger partial charge on any atom is -0.508 e. The normalized spacial score (nSPS) is 22.1. The SMILES string of the molecule is O=S(=O)(c1cccs1)N1CCN(c2ccc(O)cc2)[C@@H](CNC2CCOCC2)C1. The van der Waals surface area contributed by atoms with E-state index in [2.05, 4.69) is 10.2 Å². The van der Waals surface area contributed by atoms with Crippen molar-refractivity contribution in [3.05, 3.63) is 41.8 Å². The number of nitrogens with zero attached hydrogens (tertiary/aromatic N) is 2. The zero-order chi connectivity index (χ0) is 20.3. The molecule has 29 heavy (non-hydrogen) atoms. The third kappa shape index (κ3) is 4.75. The van der Waals surface area contributed by atoms with Gasteiger partial charge in [-0.3, -0.25) is 0 Å². The second-order valence-corrected chi connectivity index (χ2v) is 10.6. The molecule has 0 bridgehead atoms. The standard InChI is InChI=1S/C20H27N3O4S2/c24-19-5-3-17(4-6-19)23-10-9-22(29(25,26)20-2-1-13-28-20)15-18(23)14-21-16-7-11-27-12-8-16/h1-6,13,16,18,21,24H,7-12,14-15H2/t18-/m0/s1. The minimum absolute atomic E-state index is 0.00544. The topological polar surface area (TPSA) is 82.1 Å². The number of rotatable bonds is 6. The van der Waals surface area contributed by atoms with E-state index in [1.165, 1.54) is 11.3 Å². The Morgan fingerprint density at radius 2 is 1.90 bits per heavy atom. The van der Waals surface area contributed by atoms with Crippen molar-refractivity contribution in [2.24, 2.45) is 0 Å². The number of ether oxygens (including phenoxy) is 1. The smallest absolute Gasteiger partial charge is 0.252 e. The van der Waals surface area contributed by atoms with Crippen molar-refractivity contribution in [3.63, 3.8) is 0 Å². The summed E-state index contributed by atoms with van der Waals surface area (Å²) >= 11 is 1.26. The van der Waals surface area contributed by atoms with Crippen LogP contribution in [0.25, 0.3) is 0 Å². The van der Waals surface area contributed by atoms with Gasteiger partial charge in [-0.2, -0.15) is 4.31 Å². The number of benzene rings is 1. The van der Waals surface area contributed by atoms with E-state index in [-0.39, 0.29) is 11.8 Å². The summed E-state index contributed by atoms with van der Waals surface area (Å²) < 4.78 is 33.5. The van der Waals surface area contributed by atoms with Gasteiger partial charge in [0.15, 0.2) is 0 Å². The van der Waals surface area contributed by atoms with E-state index in [0.717, 1.165) is 31.7 Å². The highest BCUT2D eigenvalue weighted by Gasteiger charge is 2.35. The molecule has 0 unspecified atom stereocenters. The van der Waals surface area contributed by atoms with Gasteiger partial charge in [-0.05, 0) is 48.6 Å². The molecule has 2 aromatic rings. The molecule has 0 aliphatic carbocycles. The molecule has 2 fully saturated rings. The van der Waals surface area contributed by atoms with Crippen molar-refractivity contribution in [2.45, 2.75) is 29.1 Å². The lowest BCUT2D eigenvalue weighted by Gasteiger charge is -2.42. The highest BCUT2D eigenvalue weighted by Crippen LogP contribution is 2.27. The maximum atomic E-state index is 13.0. The van der Waals surface area contributed by atoms with E-state index < -0.39 is 10.0 Å². The Balaban J connectivity index is 1.52. The monoisotopic (exact) mass is 437 g/mol. The van der Waals surface area contributed by atoms with Crippen molar-refractivity contribution in [1.82, 2.24) is 9.62 Å². The molecule has 2 aliphatic rings. The number of anilines is 1. The van der Waals surface area contributed by atoms with Gasteiger partial charge in [0, 0.05) is 51.1 Å². The number of phenolic OH excluding ortho intramolecular Hbond substituents is 1. The maximum Gasteiger partial charge on any atom is 0.252 e. The Bertz CT molecular complexity index is 881. The molecular formula is C20H27N3O4S2. The van der Waals surface area contributed by atoms with Crippen LogP contribution < -0.4 is 10.2 Å².